The van der Waals surface area contributed by atoms with Gasteiger partial charge < -0.3 is 15.7 Å². The SMILES string of the molecule is CCc1cnn2c(NCc3ccc[n+](O)c3)nc(N[C@H](CO)C(C)C)nc12. The van der Waals surface area contributed by atoms with E-state index in [1.807, 2.05) is 26.8 Å². The summed E-state index contributed by atoms with van der Waals surface area (Å²) in [6.45, 7) is 6.56. The van der Waals surface area contributed by atoms with Gasteiger partial charge in [-0.05, 0) is 18.4 Å². The van der Waals surface area contributed by atoms with E-state index in [1.54, 1.807) is 29.2 Å². The molecule has 0 amide bonds. The second-order valence-corrected chi connectivity index (χ2v) is 6.75. The maximum Gasteiger partial charge on any atom is 0.229 e. The number of fused-ring (bicyclic) bond motifs is 1. The second-order valence-electron chi connectivity index (χ2n) is 6.75. The minimum absolute atomic E-state index is 0.00458. The van der Waals surface area contributed by atoms with Crippen LogP contribution in [0.4, 0.5) is 11.9 Å². The Bertz CT molecular complexity index is 910. The van der Waals surface area contributed by atoms with E-state index < -0.39 is 0 Å². The van der Waals surface area contributed by atoms with E-state index in [9.17, 15) is 10.3 Å². The summed E-state index contributed by atoms with van der Waals surface area (Å²) < 4.78 is 2.68. The van der Waals surface area contributed by atoms with Crippen LogP contribution >= 0.6 is 0 Å². The van der Waals surface area contributed by atoms with Crippen LogP contribution in [0.1, 0.15) is 31.9 Å². The fraction of sp³-hybridized carbons (Fsp3) is 0.444. The predicted molar refractivity (Wildman–Crippen MR) is 101 cm³/mol. The molecule has 0 aliphatic rings. The molecule has 0 spiro atoms. The van der Waals surface area contributed by atoms with E-state index in [2.05, 4.69) is 25.7 Å². The summed E-state index contributed by atoms with van der Waals surface area (Å²) >= 11 is 0. The van der Waals surface area contributed by atoms with Crippen molar-refractivity contribution in [1.29, 1.82) is 0 Å². The van der Waals surface area contributed by atoms with Gasteiger partial charge in [-0.2, -0.15) is 19.6 Å². The Kier molecular flexibility index (Phi) is 5.70. The molecule has 0 bridgehead atoms. The van der Waals surface area contributed by atoms with E-state index in [4.69, 9.17) is 0 Å². The summed E-state index contributed by atoms with van der Waals surface area (Å²) in [7, 11) is 0. The smallest absolute Gasteiger partial charge is 0.229 e. The Morgan fingerprint density at radius 2 is 2.11 bits per heavy atom. The van der Waals surface area contributed by atoms with Crippen molar-refractivity contribution in [2.75, 3.05) is 17.2 Å². The highest BCUT2D eigenvalue weighted by Crippen LogP contribution is 2.18. The summed E-state index contributed by atoms with van der Waals surface area (Å²) in [6, 6.07) is 3.52. The molecule has 0 fully saturated rings. The van der Waals surface area contributed by atoms with Gasteiger partial charge in [-0.25, -0.2) is 0 Å². The van der Waals surface area contributed by atoms with E-state index in [-0.39, 0.29) is 18.6 Å². The highest BCUT2D eigenvalue weighted by molar-refractivity contribution is 5.54. The minimum Gasteiger partial charge on any atom is -0.394 e. The molecule has 0 radical (unpaired) electrons. The molecule has 9 heteroatoms. The van der Waals surface area contributed by atoms with Crippen molar-refractivity contribution in [3.05, 3.63) is 41.9 Å². The van der Waals surface area contributed by atoms with Crippen LogP contribution in [0.5, 0.6) is 0 Å². The van der Waals surface area contributed by atoms with Gasteiger partial charge >= 0.3 is 0 Å². The maximum atomic E-state index is 9.60. The van der Waals surface area contributed by atoms with Crippen LogP contribution in [0.3, 0.4) is 0 Å². The fourth-order valence-corrected chi connectivity index (χ4v) is 2.74. The lowest BCUT2D eigenvalue weighted by atomic mass is 10.1. The average Bonchev–Trinajstić information content (AvgIpc) is 3.07. The molecular formula is C18H26N7O2+. The van der Waals surface area contributed by atoms with Crippen molar-refractivity contribution in [3.63, 3.8) is 0 Å². The van der Waals surface area contributed by atoms with Gasteiger partial charge in [0.15, 0.2) is 5.65 Å². The van der Waals surface area contributed by atoms with Crippen LogP contribution in [0.2, 0.25) is 0 Å². The lowest BCUT2D eigenvalue weighted by molar-refractivity contribution is -0.905. The van der Waals surface area contributed by atoms with Crippen LogP contribution in [-0.2, 0) is 13.0 Å². The number of hydrogen-bond acceptors (Lipinski definition) is 7. The normalized spacial score (nSPS) is 12.5. The number of rotatable bonds is 8. The Morgan fingerprint density at radius 3 is 2.78 bits per heavy atom. The van der Waals surface area contributed by atoms with Gasteiger partial charge in [-0.15, -0.1) is 0 Å². The number of aliphatic hydroxyl groups excluding tert-OH is 1. The van der Waals surface area contributed by atoms with Crippen LogP contribution in [0, 0.1) is 5.92 Å². The van der Waals surface area contributed by atoms with Gasteiger partial charge in [0.2, 0.25) is 24.3 Å². The first kappa shape index (κ1) is 18.8. The Morgan fingerprint density at radius 1 is 1.30 bits per heavy atom. The number of hydrogen-bond donors (Lipinski definition) is 4. The molecule has 9 nitrogen and oxygen atoms in total. The average molecular weight is 372 g/mol. The first-order valence-corrected chi connectivity index (χ1v) is 9.07. The molecule has 0 aliphatic carbocycles. The minimum atomic E-state index is -0.143. The molecule has 3 aromatic heterocycles. The number of nitrogens with zero attached hydrogens (tertiary/aromatic N) is 5. The third-order valence-corrected chi connectivity index (χ3v) is 4.44. The van der Waals surface area contributed by atoms with Gasteiger partial charge in [0, 0.05) is 28.5 Å². The molecule has 3 aromatic rings. The lowest BCUT2D eigenvalue weighted by Gasteiger charge is -2.20. The van der Waals surface area contributed by atoms with Crippen molar-refractivity contribution in [1.82, 2.24) is 19.6 Å². The van der Waals surface area contributed by atoms with E-state index in [0.717, 1.165) is 27.9 Å². The first-order valence-electron chi connectivity index (χ1n) is 9.07. The van der Waals surface area contributed by atoms with E-state index in [0.29, 0.717) is 18.4 Å². The molecule has 3 heterocycles. The molecule has 4 N–H and O–H groups in total. The van der Waals surface area contributed by atoms with Crippen molar-refractivity contribution in [2.24, 2.45) is 5.92 Å². The fourth-order valence-electron chi connectivity index (χ4n) is 2.74. The zero-order valence-corrected chi connectivity index (χ0v) is 15.8. The number of aromatic nitrogens is 5. The second kappa shape index (κ2) is 8.17. The number of anilines is 2. The molecule has 27 heavy (non-hydrogen) atoms. The van der Waals surface area contributed by atoms with Crippen LogP contribution in [-0.4, -0.2) is 42.5 Å². The third kappa shape index (κ3) is 4.25. The maximum absolute atomic E-state index is 9.60. The molecule has 0 aliphatic heterocycles. The van der Waals surface area contributed by atoms with Crippen LogP contribution in [0.25, 0.3) is 5.65 Å². The Balaban J connectivity index is 1.93. The first-order chi connectivity index (χ1) is 13.0. The van der Waals surface area contributed by atoms with Crippen molar-refractivity contribution in [3.8, 4) is 0 Å². The van der Waals surface area contributed by atoms with Gasteiger partial charge in [-0.1, -0.05) is 20.8 Å². The van der Waals surface area contributed by atoms with Crippen LogP contribution < -0.4 is 15.4 Å². The number of aryl methyl sites for hydroxylation is 1. The summed E-state index contributed by atoms with van der Waals surface area (Å²) in [6.07, 6.45) is 5.76. The molecule has 1 atom stereocenters. The summed E-state index contributed by atoms with van der Waals surface area (Å²) in [5.41, 5.74) is 2.63. The summed E-state index contributed by atoms with van der Waals surface area (Å²) in [5, 5.41) is 30.0. The summed E-state index contributed by atoms with van der Waals surface area (Å²) in [4.78, 5) is 9.13. The van der Waals surface area contributed by atoms with Crippen molar-refractivity contribution in [2.45, 2.75) is 39.8 Å². The largest absolute Gasteiger partial charge is 0.394 e. The number of nitrogens with one attached hydrogen (secondary N) is 2. The van der Waals surface area contributed by atoms with Crippen molar-refractivity contribution < 1.29 is 15.0 Å². The molecule has 0 saturated heterocycles. The van der Waals surface area contributed by atoms with Gasteiger partial charge in [0.05, 0.1) is 18.8 Å². The highest BCUT2D eigenvalue weighted by atomic mass is 16.5. The Hall–Kier alpha value is -2.94. The summed E-state index contributed by atoms with van der Waals surface area (Å²) in [5.74, 6) is 1.21. The molecule has 0 aromatic carbocycles. The molecule has 144 valence electrons. The van der Waals surface area contributed by atoms with Gasteiger partial charge in [-0.3, -0.25) is 5.21 Å². The molecule has 0 saturated carbocycles. The van der Waals surface area contributed by atoms with Gasteiger partial charge in [0.25, 0.3) is 0 Å². The third-order valence-electron chi connectivity index (χ3n) is 4.44. The Labute approximate surface area is 157 Å². The molecule has 0 unspecified atom stereocenters. The highest BCUT2D eigenvalue weighted by Gasteiger charge is 2.17. The predicted octanol–water partition coefficient (Wildman–Crippen LogP) is 1.25. The molecule has 3 rings (SSSR count). The van der Waals surface area contributed by atoms with Crippen molar-refractivity contribution >= 4 is 17.5 Å². The molecular weight excluding hydrogens is 346 g/mol. The van der Waals surface area contributed by atoms with Crippen LogP contribution in [0.15, 0.2) is 30.7 Å². The number of aliphatic hydroxyl groups is 1. The zero-order valence-electron chi connectivity index (χ0n) is 15.8. The standard InChI is InChI=1S/C18H26N7O2/c1-4-14-9-20-25-16(14)22-17(21-15(11-26)12(2)3)23-18(25)19-8-13-6-5-7-24(27)10-13/h5-7,9-10,12,15,26-27H,4,8,11H2,1-3H3,(H2,19,21,22,23)/q+1/t15-/m1/s1. The van der Waals surface area contributed by atoms with E-state index >= 15 is 0 Å². The number of pyridine rings is 1. The van der Waals surface area contributed by atoms with E-state index in [1.165, 1.54) is 0 Å². The van der Waals surface area contributed by atoms with Gasteiger partial charge in [0.1, 0.15) is 0 Å². The lowest BCUT2D eigenvalue weighted by Crippen LogP contribution is -2.30. The topological polar surface area (TPSA) is 111 Å². The zero-order chi connectivity index (χ0) is 19.4. The quantitative estimate of drug-likeness (QED) is 0.348. The monoisotopic (exact) mass is 372 g/mol.